The summed E-state index contributed by atoms with van der Waals surface area (Å²) in [5.74, 6) is -1.66. The van der Waals surface area contributed by atoms with Crippen molar-refractivity contribution in [3.05, 3.63) is 76.8 Å². The molecule has 0 atom stereocenters. The number of hydrogen-bond acceptors (Lipinski definition) is 4. The fraction of sp³-hybridized carbons (Fsp3) is 0.150. The third kappa shape index (κ3) is 4.35. The van der Waals surface area contributed by atoms with Gasteiger partial charge in [0.15, 0.2) is 10.9 Å². The number of halogens is 3. The lowest BCUT2D eigenvalue weighted by Crippen LogP contribution is -2.32. The van der Waals surface area contributed by atoms with Crippen LogP contribution >= 0.6 is 27.3 Å². The van der Waals surface area contributed by atoms with Crippen molar-refractivity contribution in [2.75, 3.05) is 11.4 Å². The highest BCUT2D eigenvalue weighted by molar-refractivity contribution is 9.10. The second kappa shape index (κ2) is 8.38. The summed E-state index contributed by atoms with van der Waals surface area (Å²) >= 11 is 4.45. The van der Waals surface area contributed by atoms with E-state index in [4.69, 9.17) is 0 Å². The highest BCUT2D eigenvalue weighted by Gasteiger charge is 2.22. The van der Waals surface area contributed by atoms with Crippen molar-refractivity contribution in [3.63, 3.8) is 0 Å². The molecule has 5 nitrogen and oxygen atoms in total. The van der Waals surface area contributed by atoms with E-state index in [1.807, 2.05) is 10.8 Å². The number of nitrogens with zero attached hydrogens (tertiary/aromatic N) is 4. The predicted molar refractivity (Wildman–Crippen MR) is 112 cm³/mol. The standard InChI is InChI=1S/C20H15BrF2N4OS/c21-14-4-2-13(3-5-14)19(28)27(8-1-7-26-9-6-24-12-26)20-25-18-16(23)10-15(22)11-17(18)29-20/h2-6,9-12H,1,7-8H2. The molecule has 2 heterocycles. The van der Waals surface area contributed by atoms with Gasteiger partial charge in [0.2, 0.25) is 0 Å². The monoisotopic (exact) mass is 476 g/mol. The Morgan fingerprint density at radius 1 is 1.21 bits per heavy atom. The molecule has 0 aliphatic rings. The number of amides is 1. The molecule has 2 aromatic heterocycles. The van der Waals surface area contributed by atoms with E-state index in [0.29, 0.717) is 34.9 Å². The highest BCUT2D eigenvalue weighted by atomic mass is 79.9. The molecule has 0 fully saturated rings. The third-order valence-corrected chi connectivity index (χ3v) is 5.88. The fourth-order valence-corrected chi connectivity index (χ4v) is 4.22. The molecule has 1 amide bonds. The maximum Gasteiger partial charge on any atom is 0.260 e. The SMILES string of the molecule is O=C(c1ccc(Br)cc1)N(CCCn1ccnc1)c1nc2c(F)cc(F)cc2s1. The zero-order chi connectivity index (χ0) is 20.4. The van der Waals surface area contributed by atoms with Crippen molar-refractivity contribution in [1.29, 1.82) is 0 Å². The summed E-state index contributed by atoms with van der Waals surface area (Å²) in [7, 11) is 0. The number of aromatic nitrogens is 3. The first kappa shape index (κ1) is 19.7. The molecule has 0 saturated heterocycles. The molecule has 0 aliphatic heterocycles. The van der Waals surface area contributed by atoms with Crippen LogP contribution in [0.2, 0.25) is 0 Å². The zero-order valence-electron chi connectivity index (χ0n) is 15.1. The van der Waals surface area contributed by atoms with E-state index in [9.17, 15) is 13.6 Å². The van der Waals surface area contributed by atoms with E-state index in [1.165, 1.54) is 11.0 Å². The Kier molecular flexibility index (Phi) is 5.68. The summed E-state index contributed by atoms with van der Waals surface area (Å²) in [5.41, 5.74) is 0.552. The van der Waals surface area contributed by atoms with Crippen LogP contribution in [0.3, 0.4) is 0 Å². The first-order chi connectivity index (χ1) is 14.0. The van der Waals surface area contributed by atoms with Crippen LogP contribution in [0.15, 0.2) is 59.6 Å². The summed E-state index contributed by atoms with van der Waals surface area (Å²) in [6.07, 6.45) is 5.88. The van der Waals surface area contributed by atoms with Crippen molar-refractivity contribution in [2.24, 2.45) is 0 Å². The Hall–Kier alpha value is -2.65. The number of carbonyl (C=O) groups excluding carboxylic acids is 1. The average Bonchev–Trinajstić information content (AvgIpc) is 3.35. The molecule has 0 aliphatic carbocycles. The van der Waals surface area contributed by atoms with Crippen molar-refractivity contribution >= 4 is 48.5 Å². The lowest BCUT2D eigenvalue weighted by molar-refractivity contribution is 0.0986. The highest BCUT2D eigenvalue weighted by Crippen LogP contribution is 2.32. The van der Waals surface area contributed by atoms with Gasteiger partial charge in [-0.15, -0.1) is 0 Å². The second-order valence-electron chi connectivity index (χ2n) is 6.35. The predicted octanol–water partition coefficient (Wildman–Crippen LogP) is 5.27. The van der Waals surface area contributed by atoms with E-state index in [-0.39, 0.29) is 11.4 Å². The smallest absolute Gasteiger partial charge is 0.260 e. The van der Waals surface area contributed by atoms with Gasteiger partial charge in [-0.1, -0.05) is 27.3 Å². The minimum atomic E-state index is -0.739. The Morgan fingerprint density at radius 3 is 2.72 bits per heavy atom. The molecule has 4 rings (SSSR count). The summed E-state index contributed by atoms with van der Waals surface area (Å²) in [6, 6.07) is 9.01. The Morgan fingerprint density at radius 2 is 2.00 bits per heavy atom. The number of hydrogen-bond donors (Lipinski definition) is 0. The van der Waals surface area contributed by atoms with E-state index in [1.54, 1.807) is 36.8 Å². The van der Waals surface area contributed by atoms with Gasteiger partial charge in [0, 0.05) is 41.6 Å². The van der Waals surface area contributed by atoms with Gasteiger partial charge in [0.1, 0.15) is 11.3 Å². The Balaban J connectivity index is 1.66. The Bertz CT molecular complexity index is 1150. The number of imidazole rings is 1. The van der Waals surface area contributed by atoms with Gasteiger partial charge in [-0.2, -0.15) is 0 Å². The van der Waals surface area contributed by atoms with Crippen LogP contribution in [-0.2, 0) is 6.54 Å². The zero-order valence-corrected chi connectivity index (χ0v) is 17.5. The average molecular weight is 477 g/mol. The summed E-state index contributed by atoms with van der Waals surface area (Å²) in [6.45, 7) is 1.04. The molecule has 148 valence electrons. The van der Waals surface area contributed by atoms with Crippen LogP contribution in [0.1, 0.15) is 16.8 Å². The van der Waals surface area contributed by atoms with Crippen molar-refractivity contribution < 1.29 is 13.6 Å². The minimum absolute atomic E-state index is 0.0645. The molecule has 0 saturated carbocycles. The molecule has 29 heavy (non-hydrogen) atoms. The summed E-state index contributed by atoms with van der Waals surface area (Å²) in [5, 5.41) is 0.336. The van der Waals surface area contributed by atoms with Gasteiger partial charge in [0.05, 0.1) is 11.0 Å². The molecule has 4 aromatic rings. The van der Waals surface area contributed by atoms with Gasteiger partial charge >= 0.3 is 0 Å². The molecule has 0 unspecified atom stereocenters. The van der Waals surface area contributed by atoms with Crippen molar-refractivity contribution in [2.45, 2.75) is 13.0 Å². The molecular weight excluding hydrogens is 462 g/mol. The number of thiazole rings is 1. The molecule has 0 bridgehead atoms. The summed E-state index contributed by atoms with van der Waals surface area (Å²) < 4.78 is 30.8. The third-order valence-electron chi connectivity index (χ3n) is 4.33. The lowest BCUT2D eigenvalue weighted by Gasteiger charge is -2.20. The fourth-order valence-electron chi connectivity index (χ4n) is 2.92. The minimum Gasteiger partial charge on any atom is -0.337 e. The van der Waals surface area contributed by atoms with Crippen LogP contribution in [-0.4, -0.2) is 27.0 Å². The number of rotatable bonds is 6. The van der Waals surface area contributed by atoms with Crippen LogP contribution in [0.5, 0.6) is 0 Å². The number of aryl methyl sites for hydroxylation is 1. The number of fused-ring (bicyclic) bond motifs is 1. The summed E-state index contributed by atoms with van der Waals surface area (Å²) in [4.78, 5) is 23.0. The molecule has 0 spiro atoms. The largest absolute Gasteiger partial charge is 0.337 e. The van der Waals surface area contributed by atoms with Gasteiger partial charge < -0.3 is 4.57 Å². The lowest BCUT2D eigenvalue weighted by atomic mass is 10.2. The first-order valence-corrected chi connectivity index (χ1v) is 10.4. The molecule has 9 heteroatoms. The normalized spacial score (nSPS) is 11.1. The maximum atomic E-state index is 14.1. The van der Waals surface area contributed by atoms with Crippen LogP contribution in [0.4, 0.5) is 13.9 Å². The van der Waals surface area contributed by atoms with Gasteiger partial charge in [0.25, 0.3) is 5.91 Å². The quantitative estimate of drug-likeness (QED) is 0.380. The molecular formula is C20H15BrF2N4OS. The van der Waals surface area contributed by atoms with Crippen molar-refractivity contribution in [1.82, 2.24) is 14.5 Å². The maximum absolute atomic E-state index is 14.1. The Labute approximate surface area is 177 Å². The number of benzene rings is 2. The van der Waals surface area contributed by atoms with E-state index in [2.05, 4.69) is 25.9 Å². The van der Waals surface area contributed by atoms with E-state index >= 15 is 0 Å². The van der Waals surface area contributed by atoms with E-state index in [0.717, 1.165) is 21.9 Å². The number of anilines is 1. The first-order valence-electron chi connectivity index (χ1n) is 8.80. The number of carbonyl (C=O) groups is 1. The van der Waals surface area contributed by atoms with Gasteiger partial charge in [-0.3, -0.25) is 9.69 Å². The van der Waals surface area contributed by atoms with E-state index < -0.39 is 11.6 Å². The second-order valence-corrected chi connectivity index (χ2v) is 8.27. The van der Waals surface area contributed by atoms with Crippen LogP contribution in [0, 0.1) is 11.6 Å². The van der Waals surface area contributed by atoms with Gasteiger partial charge in [-0.25, -0.2) is 18.7 Å². The van der Waals surface area contributed by atoms with Crippen molar-refractivity contribution in [3.8, 4) is 0 Å². The van der Waals surface area contributed by atoms with Crippen LogP contribution in [0.25, 0.3) is 10.2 Å². The van der Waals surface area contributed by atoms with Gasteiger partial charge in [-0.05, 0) is 36.8 Å². The molecule has 0 radical (unpaired) electrons. The molecule has 2 aromatic carbocycles. The molecule has 0 N–H and O–H groups in total. The van der Waals surface area contributed by atoms with Crippen LogP contribution < -0.4 is 4.90 Å². The topological polar surface area (TPSA) is 51.0 Å².